The molecule has 4 N–H and O–H groups in total. The van der Waals surface area contributed by atoms with Gasteiger partial charge in [-0.3, -0.25) is 10.2 Å². The van der Waals surface area contributed by atoms with Crippen LogP contribution in [-0.4, -0.2) is 25.6 Å². The van der Waals surface area contributed by atoms with Gasteiger partial charge < -0.3 is 14.8 Å². The molecule has 0 saturated heterocycles. The summed E-state index contributed by atoms with van der Waals surface area (Å²) in [4.78, 5) is 13.3. The lowest BCUT2D eigenvalue weighted by Gasteiger charge is -2.13. The summed E-state index contributed by atoms with van der Waals surface area (Å²) in [5, 5.41) is 3.21. The molecule has 0 bridgehead atoms. The molecule has 29 heavy (non-hydrogen) atoms. The largest absolute Gasteiger partial charge is 0.497 e. The van der Waals surface area contributed by atoms with Crippen LogP contribution in [0.5, 0.6) is 11.6 Å². The fourth-order valence-corrected chi connectivity index (χ4v) is 2.73. The fraction of sp³-hybridized carbons (Fsp3) is 0.182. The number of hydrogen-bond donors (Lipinski definition) is 3. The Labute approximate surface area is 170 Å². The predicted octanol–water partition coefficient (Wildman–Crippen LogP) is 3.29. The highest BCUT2D eigenvalue weighted by atomic mass is 16.5. The normalized spacial score (nSPS) is 9.66. The number of hydrazine groups is 1. The number of carbonyl (C=O) groups is 1. The second-order valence-electron chi connectivity index (χ2n) is 6.04. The molecule has 7 heteroatoms. The quantitative estimate of drug-likeness (QED) is 0.246. The molecular formula is C22H26N4O3. The smallest absolute Gasteiger partial charge is 0.221 e. The Kier molecular flexibility index (Phi) is 8.47. The van der Waals surface area contributed by atoms with E-state index < -0.39 is 0 Å². The van der Waals surface area contributed by atoms with Crippen LogP contribution in [-0.2, 0) is 11.4 Å². The molecule has 0 unspecified atom stereocenters. The van der Waals surface area contributed by atoms with Gasteiger partial charge in [-0.05, 0) is 47.9 Å². The first-order valence-corrected chi connectivity index (χ1v) is 9.02. The van der Waals surface area contributed by atoms with Crippen molar-refractivity contribution in [3.05, 3.63) is 71.9 Å². The standard InChI is InChI=1S/C21H22N2O2.CH4N2O/c1-15-5-4-6-20(22-2)19(15)14-25-21-13-17(11-12-23-21)16-7-9-18(24-3)10-8-16;2-3-1-4/h4-13,22H,14H2,1-3H3;1H,2H2,(H,3,4). The third-order valence-electron chi connectivity index (χ3n) is 4.27. The Bertz CT molecular complexity index is 914. The van der Waals surface area contributed by atoms with Gasteiger partial charge in [-0.25, -0.2) is 10.8 Å². The van der Waals surface area contributed by atoms with E-state index in [9.17, 15) is 0 Å². The second-order valence-corrected chi connectivity index (χ2v) is 6.04. The van der Waals surface area contributed by atoms with Gasteiger partial charge in [-0.2, -0.15) is 0 Å². The Morgan fingerprint density at radius 1 is 1.10 bits per heavy atom. The summed E-state index contributed by atoms with van der Waals surface area (Å²) in [5.41, 5.74) is 7.32. The van der Waals surface area contributed by atoms with Gasteiger partial charge in [-0.15, -0.1) is 0 Å². The number of carbonyl (C=O) groups excluding carboxylic acids is 1. The molecule has 3 rings (SSSR count). The summed E-state index contributed by atoms with van der Waals surface area (Å²) in [6.07, 6.45) is 2.17. The van der Waals surface area contributed by atoms with Gasteiger partial charge in [0, 0.05) is 30.6 Å². The van der Waals surface area contributed by atoms with Crippen LogP contribution in [0.3, 0.4) is 0 Å². The Morgan fingerprint density at radius 2 is 1.83 bits per heavy atom. The predicted molar refractivity (Wildman–Crippen MR) is 115 cm³/mol. The summed E-state index contributed by atoms with van der Waals surface area (Å²) in [7, 11) is 3.58. The highest BCUT2D eigenvalue weighted by Crippen LogP contribution is 2.26. The maximum absolute atomic E-state index is 8.94. The molecule has 3 aromatic rings. The van der Waals surface area contributed by atoms with Crippen LogP contribution >= 0.6 is 0 Å². The molecule has 2 aromatic carbocycles. The molecule has 0 radical (unpaired) electrons. The molecule has 152 valence electrons. The number of ether oxygens (including phenoxy) is 2. The zero-order valence-corrected chi connectivity index (χ0v) is 16.8. The first kappa shape index (κ1) is 21.7. The van der Waals surface area contributed by atoms with Crippen LogP contribution in [0.4, 0.5) is 5.69 Å². The molecular weight excluding hydrogens is 368 g/mol. The van der Waals surface area contributed by atoms with Crippen molar-refractivity contribution in [3.63, 3.8) is 0 Å². The lowest BCUT2D eigenvalue weighted by molar-refractivity contribution is -0.109. The van der Waals surface area contributed by atoms with Crippen LogP contribution in [0.2, 0.25) is 0 Å². The molecule has 0 saturated carbocycles. The summed E-state index contributed by atoms with van der Waals surface area (Å²) < 4.78 is 11.2. The minimum Gasteiger partial charge on any atom is -0.497 e. The number of methoxy groups -OCH3 is 1. The molecule has 0 aliphatic carbocycles. The number of anilines is 1. The molecule has 0 aliphatic heterocycles. The lowest BCUT2D eigenvalue weighted by atomic mass is 10.1. The van der Waals surface area contributed by atoms with E-state index in [4.69, 9.17) is 14.3 Å². The molecule has 1 amide bonds. The third kappa shape index (κ3) is 6.22. The Balaban J connectivity index is 0.000000687. The highest BCUT2D eigenvalue weighted by molar-refractivity contribution is 5.64. The van der Waals surface area contributed by atoms with E-state index >= 15 is 0 Å². The highest BCUT2D eigenvalue weighted by Gasteiger charge is 2.07. The lowest BCUT2D eigenvalue weighted by Crippen LogP contribution is -2.18. The van der Waals surface area contributed by atoms with Crippen molar-refractivity contribution in [2.45, 2.75) is 13.5 Å². The monoisotopic (exact) mass is 394 g/mol. The van der Waals surface area contributed by atoms with Gasteiger partial charge in [0.15, 0.2) is 0 Å². The number of nitrogens with two attached hydrogens (primary N) is 1. The zero-order chi connectivity index (χ0) is 21.1. The van der Waals surface area contributed by atoms with Crippen molar-refractivity contribution in [1.82, 2.24) is 10.4 Å². The van der Waals surface area contributed by atoms with E-state index in [2.05, 4.69) is 29.1 Å². The van der Waals surface area contributed by atoms with Gasteiger partial charge >= 0.3 is 0 Å². The van der Waals surface area contributed by atoms with Gasteiger partial charge in [0.2, 0.25) is 12.3 Å². The number of aryl methyl sites for hydroxylation is 1. The van der Waals surface area contributed by atoms with Crippen molar-refractivity contribution in [2.75, 3.05) is 19.5 Å². The van der Waals surface area contributed by atoms with E-state index in [0.717, 1.165) is 28.1 Å². The molecule has 7 nitrogen and oxygen atoms in total. The number of hydrogen-bond acceptors (Lipinski definition) is 6. The van der Waals surface area contributed by atoms with E-state index in [1.54, 1.807) is 18.7 Å². The first-order valence-electron chi connectivity index (χ1n) is 9.02. The summed E-state index contributed by atoms with van der Waals surface area (Å²) in [6, 6.07) is 18.0. The number of nitrogens with zero attached hydrogens (tertiary/aromatic N) is 1. The average Bonchev–Trinajstić information content (AvgIpc) is 2.78. The number of rotatable bonds is 7. The summed E-state index contributed by atoms with van der Waals surface area (Å²) in [6.45, 7) is 2.56. The average molecular weight is 394 g/mol. The van der Waals surface area contributed by atoms with Crippen LogP contribution in [0.15, 0.2) is 60.8 Å². The molecule has 1 heterocycles. The van der Waals surface area contributed by atoms with Crippen molar-refractivity contribution in [1.29, 1.82) is 0 Å². The van der Waals surface area contributed by atoms with Gasteiger partial charge in [0.05, 0.1) is 7.11 Å². The maximum atomic E-state index is 8.94. The van der Waals surface area contributed by atoms with E-state index in [1.807, 2.05) is 55.6 Å². The summed E-state index contributed by atoms with van der Waals surface area (Å²) >= 11 is 0. The minimum absolute atomic E-state index is 0.403. The molecule has 0 aliphatic rings. The molecule has 0 atom stereocenters. The number of nitrogens with one attached hydrogen (secondary N) is 2. The van der Waals surface area contributed by atoms with Gasteiger partial charge in [0.25, 0.3) is 0 Å². The Hall–Kier alpha value is -3.58. The number of aromatic nitrogens is 1. The third-order valence-corrected chi connectivity index (χ3v) is 4.27. The topological polar surface area (TPSA) is 98.5 Å². The van der Waals surface area contributed by atoms with Crippen LogP contribution in [0, 0.1) is 6.92 Å². The van der Waals surface area contributed by atoms with Crippen molar-refractivity contribution >= 4 is 12.1 Å². The molecule has 1 aromatic heterocycles. The number of benzene rings is 2. The van der Waals surface area contributed by atoms with Gasteiger partial charge in [0.1, 0.15) is 12.4 Å². The van der Waals surface area contributed by atoms with E-state index in [-0.39, 0.29) is 0 Å². The number of pyridine rings is 1. The Morgan fingerprint density at radius 3 is 2.45 bits per heavy atom. The summed E-state index contributed by atoms with van der Waals surface area (Å²) in [5.74, 6) is 5.86. The second kappa shape index (κ2) is 11.3. The van der Waals surface area contributed by atoms with Crippen molar-refractivity contribution in [3.8, 4) is 22.8 Å². The molecule has 0 fully saturated rings. The maximum Gasteiger partial charge on any atom is 0.221 e. The molecule has 0 spiro atoms. The SMILES string of the molecule is CNc1cccc(C)c1COc1cc(-c2ccc(OC)cc2)ccn1.NNC=O. The zero-order valence-electron chi connectivity index (χ0n) is 16.8. The van der Waals surface area contributed by atoms with Crippen molar-refractivity contribution < 1.29 is 14.3 Å². The van der Waals surface area contributed by atoms with Crippen LogP contribution < -0.4 is 26.1 Å². The van der Waals surface area contributed by atoms with E-state index in [0.29, 0.717) is 18.9 Å². The van der Waals surface area contributed by atoms with Crippen molar-refractivity contribution in [2.24, 2.45) is 5.84 Å². The van der Waals surface area contributed by atoms with E-state index in [1.165, 1.54) is 5.56 Å². The van der Waals surface area contributed by atoms with Crippen LogP contribution in [0.1, 0.15) is 11.1 Å². The fourth-order valence-electron chi connectivity index (χ4n) is 2.73. The number of amides is 1. The van der Waals surface area contributed by atoms with Gasteiger partial charge in [-0.1, -0.05) is 24.3 Å². The van der Waals surface area contributed by atoms with Crippen LogP contribution in [0.25, 0.3) is 11.1 Å². The minimum atomic E-state index is 0.403. The first-order chi connectivity index (χ1) is 14.1.